The quantitative estimate of drug-likeness (QED) is 0.847. The molecule has 94 valence electrons. The van der Waals surface area contributed by atoms with E-state index in [1.165, 1.54) is 11.3 Å². The van der Waals surface area contributed by atoms with E-state index in [0.29, 0.717) is 0 Å². The van der Waals surface area contributed by atoms with Gasteiger partial charge in [-0.15, -0.1) is 11.3 Å². The number of aryl methyl sites for hydroxylation is 1. The molecule has 1 aliphatic rings. The van der Waals surface area contributed by atoms with Gasteiger partial charge >= 0.3 is 5.97 Å². The summed E-state index contributed by atoms with van der Waals surface area (Å²) in [6.07, 6.45) is 0. The Bertz CT molecular complexity index is 413. The lowest BCUT2D eigenvalue weighted by Gasteiger charge is -2.31. The summed E-state index contributed by atoms with van der Waals surface area (Å²) in [6, 6.07) is 0.203. The molecule has 6 heteroatoms. The van der Waals surface area contributed by atoms with Gasteiger partial charge in [0, 0.05) is 31.1 Å². The molecule has 1 aromatic rings. The average Bonchev–Trinajstić information content (AvgIpc) is 2.71. The fourth-order valence-corrected chi connectivity index (χ4v) is 3.02. The van der Waals surface area contributed by atoms with Gasteiger partial charge in [-0.3, -0.25) is 4.90 Å². The Morgan fingerprint density at radius 2 is 2.18 bits per heavy atom. The summed E-state index contributed by atoms with van der Waals surface area (Å²) in [5.74, 6) is -0.933. The van der Waals surface area contributed by atoms with Crippen molar-refractivity contribution in [1.29, 1.82) is 0 Å². The minimum absolute atomic E-state index is 0.201. The van der Waals surface area contributed by atoms with Crippen LogP contribution >= 0.6 is 11.3 Å². The summed E-state index contributed by atoms with van der Waals surface area (Å²) in [6.45, 7) is 7.86. The topological polar surface area (TPSA) is 65.5 Å². The van der Waals surface area contributed by atoms with Crippen LogP contribution in [0.3, 0.4) is 0 Å². The molecule has 2 N–H and O–H groups in total. The Labute approximate surface area is 104 Å². The van der Waals surface area contributed by atoms with Crippen molar-refractivity contribution in [3.63, 3.8) is 0 Å². The normalized spacial score (nSPS) is 19.2. The Hall–Kier alpha value is -0.980. The second-order valence-electron chi connectivity index (χ2n) is 4.22. The Kier molecular flexibility index (Phi) is 3.76. The highest BCUT2D eigenvalue weighted by molar-refractivity contribution is 7.11. The maximum Gasteiger partial charge on any atom is 0.355 e. The van der Waals surface area contributed by atoms with Gasteiger partial charge in [-0.05, 0) is 13.8 Å². The molecular formula is C11H17N3O2S. The van der Waals surface area contributed by atoms with Gasteiger partial charge in [0.25, 0.3) is 0 Å². The molecule has 1 aromatic heterocycles. The SMILES string of the molecule is Cc1sc(C(C)N2CCNCC2)nc1C(=O)O. The van der Waals surface area contributed by atoms with E-state index in [9.17, 15) is 4.79 Å². The fourth-order valence-electron chi connectivity index (χ4n) is 2.02. The number of nitrogens with one attached hydrogen (secondary N) is 1. The first-order valence-electron chi connectivity index (χ1n) is 5.75. The highest BCUT2D eigenvalue weighted by Gasteiger charge is 2.23. The van der Waals surface area contributed by atoms with Crippen molar-refractivity contribution in [2.75, 3.05) is 26.2 Å². The van der Waals surface area contributed by atoms with Crippen LogP contribution in [0, 0.1) is 6.92 Å². The summed E-state index contributed by atoms with van der Waals surface area (Å²) in [5.41, 5.74) is 0.201. The Morgan fingerprint density at radius 1 is 1.53 bits per heavy atom. The predicted octanol–water partition coefficient (Wildman–Crippen LogP) is 1.12. The highest BCUT2D eigenvalue weighted by Crippen LogP contribution is 2.27. The van der Waals surface area contributed by atoms with Crippen LogP contribution in [-0.4, -0.2) is 47.1 Å². The smallest absolute Gasteiger partial charge is 0.355 e. The van der Waals surface area contributed by atoms with Crippen molar-refractivity contribution in [3.8, 4) is 0 Å². The molecule has 1 aliphatic heterocycles. The van der Waals surface area contributed by atoms with Gasteiger partial charge in [-0.1, -0.05) is 0 Å². The molecule has 1 saturated heterocycles. The van der Waals surface area contributed by atoms with Crippen LogP contribution in [0.15, 0.2) is 0 Å². The summed E-state index contributed by atoms with van der Waals surface area (Å²) in [4.78, 5) is 18.3. The van der Waals surface area contributed by atoms with Crippen molar-refractivity contribution in [2.45, 2.75) is 19.9 Å². The fraction of sp³-hybridized carbons (Fsp3) is 0.636. The molecule has 0 bridgehead atoms. The van der Waals surface area contributed by atoms with Crippen LogP contribution in [0.4, 0.5) is 0 Å². The first-order chi connectivity index (χ1) is 8.09. The van der Waals surface area contributed by atoms with Crippen LogP contribution < -0.4 is 5.32 Å². The van der Waals surface area contributed by atoms with Crippen LogP contribution in [-0.2, 0) is 0 Å². The molecular weight excluding hydrogens is 238 g/mol. The summed E-state index contributed by atoms with van der Waals surface area (Å²) in [7, 11) is 0. The molecule has 2 heterocycles. The zero-order valence-corrected chi connectivity index (χ0v) is 10.9. The molecule has 1 fully saturated rings. The van der Waals surface area contributed by atoms with Gasteiger partial charge in [-0.2, -0.15) is 0 Å². The number of carboxylic acid groups (broad SMARTS) is 1. The monoisotopic (exact) mass is 255 g/mol. The number of aromatic carboxylic acids is 1. The molecule has 2 rings (SSSR count). The largest absolute Gasteiger partial charge is 0.476 e. The predicted molar refractivity (Wildman–Crippen MR) is 66.7 cm³/mol. The second-order valence-corrected chi connectivity index (χ2v) is 5.46. The number of piperazine rings is 1. The van der Waals surface area contributed by atoms with Gasteiger partial charge < -0.3 is 10.4 Å². The molecule has 0 aromatic carbocycles. The molecule has 0 saturated carbocycles. The molecule has 1 atom stereocenters. The van der Waals surface area contributed by atoms with E-state index >= 15 is 0 Å². The minimum Gasteiger partial charge on any atom is -0.476 e. The van der Waals surface area contributed by atoms with Gasteiger partial charge in [0.1, 0.15) is 5.01 Å². The van der Waals surface area contributed by atoms with E-state index in [-0.39, 0.29) is 11.7 Å². The van der Waals surface area contributed by atoms with Crippen molar-refractivity contribution in [2.24, 2.45) is 0 Å². The molecule has 0 radical (unpaired) electrons. The number of thiazole rings is 1. The number of nitrogens with zero attached hydrogens (tertiary/aromatic N) is 2. The summed E-state index contributed by atoms with van der Waals surface area (Å²) >= 11 is 1.49. The molecule has 0 amide bonds. The van der Waals surface area contributed by atoms with Gasteiger partial charge in [0.2, 0.25) is 0 Å². The number of carbonyl (C=O) groups is 1. The maximum absolute atomic E-state index is 11.0. The average molecular weight is 255 g/mol. The van der Waals surface area contributed by atoms with Crippen molar-refractivity contribution >= 4 is 17.3 Å². The second kappa shape index (κ2) is 5.12. The van der Waals surface area contributed by atoms with E-state index in [1.807, 2.05) is 6.92 Å². The van der Waals surface area contributed by atoms with Crippen LogP contribution in [0.5, 0.6) is 0 Å². The minimum atomic E-state index is -0.933. The summed E-state index contributed by atoms with van der Waals surface area (Å²) < 4.78 is 0. The third-order valence-electron chi connectivity index (χ3n) is 3.07. The molecule has 0 spiro atoms. The van der Waals surface area contributed by atoms with Crippen LogP contribution in [0.25, 0.3) is 0 Å². The Balaban J connectivity index is 2.15. The standard InChI is InChI=1S/C11H17N3O2S/c1-7(14-5-3-12-4-6-14)10-13-9(11(15)16)8(2)17-10/h7,12H,3-6H2,1-2H3,(H,15,16). The van der Waals surface area contributed by atoms with Crippen molar-refractivity contribution in [1.82, 2.24) is 15.2 Å². The van der Waals surface area contributed by atoms with Gasteiger partial charge in [-0.25, -0.2) is 9.78 Å². The maximum atomic E-state index is 11.0. The van der Waals surface area contributed by atoms with Gasteiger partial charge in [0.15, 0.2) is 5.69 Å². The van der Waals surface area contributed by atoms with E-state index in [0.717, 1.165) is 36.1 Å². The lowest BCUT2D eigenvalue weighted by Crippen LogP contribution is -2.44. The molecule has 5 nitrogen and oxygen atoms in total. The number of aromatic nitrogens is 1. The zero-order chi connectivity index (χ0) is 12.4. The third kappa shape index (κ3) is 2.65. The number of hydrogen-bond donors (Lipinski definition) is 2. The van der Waals surface area contributed by atoms with Crippen molar-refractivity contribution in [3.05, 3.63) is 15.6 Å². The number of carboxylic acids is 1. The zero-order valence-electron chi connectivity index (χ0n) is 10.1. The first-order valence-corrected chi connectivity index (χ1v) is 6.56. The molecule has 1 unspecified atom stereocenters. The number of hydrogen-bond acceptors (Lipinski definition) is 5. The van der Waals surface area contributed by atoms with E-state index in [4.69, 9.17) is 5.11 Å². The third-order valence-corrected chi connectivity index (χ3v) is 4.21. The van der Waals surface area contributed by atoms with Gasteiger partial charge in [0.05, 0.1) is 6.04 Å². The first kappa shape index (κ1) is 12.5. The van der Waals surface area contributed by atoms with E-state index < -0.39 is 5.97 Å². The lowest BCUT2D eigenvalue weighted by atomic mass is 10.2. The number of rotatable bonds is 3. The highest BCUT2D eigenvalue weighted by atomic mass is 32.1. The van der Waals surface area contributed by atoms with Crippen LogP contribution in [0.1, 0.15) is 33.3 Å². The van der Waals surface area contributed by atoms with Crippen LogP contribution in [0.2, 0.25) is 0 Å². The van der Waals surface area contributed by atoms with Crippen molar-refractivity contribution < 1.29 is 9.90 Å². The summed E-state index contributed by atoms with van der Waals surface area (Å²) in [5, 5.41) is 13.2. The molecule has 17 heavy (non-hydrogen) atoms. The molecule has 0 aliphatic carbocycles. The van der Waals surface area contributed by atoms with E-state index in [1.54, 1.807) is 0 Å². The lowest BCUT2D eigenvalue weighted by molar-refractivity contribution is 0.0690. The Morgan fingerprint density at radius 3 is 2.71 bits per heavy atom. The van der Waals surface area contributed by atoms with E-state index in [2.05, 4.69) is 22.1 Å².